The van der Waals surface area contributed by atoms with Crippen LogP contribution < -0.4 is 9.47 Å². The van der Waals surface area contributed by atoms with Crippen LogP contribution in [0.3, 0.4) is 0 Å². The van der Waals surface area contributed by atoms with Gasteiger partial charge in [-0.1, -0.05) is 48.5 Å². The van der Waals surface area contributed by atoms with E-state index in [0.717, 1.165) is 17.7 Å². The topological polar surface area (TPSA) is 44.2 Å². The van der Waals surface area contributed by atoms with Crippen LogP contribution in [0.5, 0.6) is 11.6 Å². The monoisotopic (exact) mass is 410 g/mol. The lowest BCUT2D eigenvalue weighted by molar-refractivity contribution is -0.137. The van der Waals surface area contributed by atoms with Crippen LogP contribution in [0.15, 0.2) is 78.9 Å². The van der Waals surface area contributed by atoms with E-state index in [-0.39, 0.29) is 24.6 Å². The second kappa shape index (κ2) is 8.41. The Labute approximate surface area is 170 Å². The molecule has 0 aliphatic rings. The first-order valence-corrected chi connectivity index (χ1v) is 9.21. The Kier molecular flexibility index (Phi) is 5.52. The highest BCUT2D eigenvalue weighted by molar-refractivity contribution is 5.76. The van der Waals surface area contributed by atoms with E-state index in [4.69, 9.17) is 9.47 Å². The summed E-state index contributed by atoms with van der Waals surface area (Å²) in [5.41, 5.74) is 0.963. The van der Waals surface area contributed by atoms with Crippen LogP contribution in [0, 0.1) is 0 Å². The summed E-state index contributed by atoms with van der Waals surface area (Å²) >= 11 is 0. The van der Waals surface area contributed by atoms with Crippen LogP contribution in [0.2, 0.25) is 0 Å². The van der Waals surface area contributed by atoms with Crippen molar-refractivity contribution in [2.45, 2.75) is 19.4 Å². The number of hydrogen-bond donors (Lipinski definition) is 0. The van der Waals surface area contributed by atoms with Crippen LogP contribution >= 0.6 is 0 Å². The van der Waals surface area contributed by atoms with Gasteiger partial charge in [-0.3, -0.25) is 0 Å². The molecule has 3 aromatic carbocycles. The van der Waals surface area contributed by atoms with E-state index in [9.17, 15) is 13.2 Å². The summed E-state index contributed by atoms with van der Waals surface area (Å²) in [4.78, 5) is 8.76. The van der Waals surface area contributed by atoms with E-state index in [0.29, 0.717) is 17.0 Å². The molecule has 4 aromatic rings. The normalized spacial score (nSPS) is 11.4. The molecule has 0 aliphatic heterocycles. The van der Waals surface area contributed by atoms with Crippen molar-refractivity contribution in [2.75, 3.05) is 0 Å². The number of rotatable bonds is 6. The Bertz CT molecular complexity index is 1130. The van der Waals surface area contributed by atoms with Crippen molar-refractivity contribution in [3.05, 3.63) is 95.7 Å². The SMILES string of the molecule is FC(F)(F)c1ccc2nc(COc3ccccc3)c(OCc3ccccc3)nc2c1. The molecule has 0 saturated heterocycles. The number of halogens is 3. The van der Waals surface area contributed by atoms with Crippen LogP contribution in [0.25, 0.3) is 11.0 Å². The van der Waals surface area contributed by atoms with Gasteiger partial charge in [-0.2, -0.15) is 13.2 Å². The molecule has 0 atom stereocenters. The van der Waals surface area contributed by atoms with Crippen molar-refractivity contribution < 1.29 is 22.6 Å². The van der Waals surface area contributed by atoms with Crippen LogP contribution in [-0.4, -0.2) is 9.97 Å². The minimum atomic E-state index is -4.46. The summed E-state index contributed by atoms with van der Waals surface area (Å²) in [5, 5.41) is 0. The Morgan fingerprint density at radius 1 is 0.700 bits per heavy atom. The minimum absolute atomic E-state index is 0.0676. The Hall–Kier alpha value is -3.61. The third-order valence-corrected chi connectivity index (χ3v) is 4.36. The summed E-state index contributed by atoms with van der Waals surface area (Å²) in [6.07, 6.45) is -4.46. The van der Waals surface area contributed by atoms with Gasteiger partial charge in [0.15, 0.2) is 0 Å². The van der Waals surface area contributed by atoms with Crippen molar-refractivity contribution in [1.29, 1.82) is 0 Å². The molecule has 0 amide bonds. The first kappa shape index (κ1) is 19.7. The fourth-order valence-electron chi connectivity index (χ4n) is 2.85. The van der Waals surface area contributed by atoms with E-state index in [2.05, 4.69) is 9.97 Å². The van der Waals surface area contributed by atoms with Crippen molar-refractivity contribution in [3.8, 4) is 11.6 Å². The van der Waals surface area contributed by atoms with Gasteiger partial charge in [-0.05, 0) is 35.9 Å². The van der Waals surface area contributed by atoms with Gasteiger partial charge in [0.1, 0.15) is 24.7 Å². The lowest BCUT2D eigenvalue weighted by Crippen LogP contribution is -2.08. The lowest BCUT2D eigenvalue weighted by Gasteiger charge is -2.13. The number of hydrogen-bond acceptors (Lipinski definition) is 4. The maximum absolute atomic E-state index is 13.1. The summed E-state index contributed by atoms with van der Waals surface area (Å²) in [7, 11) is 0. The Morgan fingerprint density at radius 2 is 1.40 bits per heavy atom. The predicted octanol–water partition coefficient (Wildman–Crippen LogP) is 5.81. The van der Waals surface area contributed by atoms with Gasteiger partial charge in [-0.15, -0.1) is 0 Å². The molecular formula is C23H17F3N2O2. The fraction of sp³-hybridized carbons (Fsp3) is 0.130. The molecular weight excluding hydrogens is 393 g/mol. The van der Waals surface area contributed by atoms with Crippen LogP contribution in [0.4, 0.5) is 13.2 Å². The molecule has 0 aliphatic carbocycles. The zero-order chi connectivity index (χ0) is 21.0. The Morgan fingerprint density at radius 3 is 2.10 bits per heavy atom. The average Bonchev–Trinajstić information content (AvgIpc) is 2.76. The predicted molar refractivity (Wildman–Crippen MR) is 106 cm³/mol. The molecule has 4 rings (SSSR count). The number of ether oxygens (including phenoxy) is 2. The van der Waals surface area contributed by atoms with Gasteiger partial charge in [-0.25, -0.2) is 9.97 Å². The summed E-state index contributed by atoms with van der Waals surface area (Å²) < 4.78 is 50.8. The number of nitrogens with zero attached hydrogens (tertiary/aromatic N) is 2. The lowest BCUT2D eigenvalue weighted by atomic mass is 10.2. The zero-order valence-electron chi connectivity index (χ0n) is 15.8. The molecule has 152 valence electrons. The number of alkyl halides is 3. The molecule has 0 bridgehead atoms. The van der Waals surface area contributed by atoms with Gasteiger partial charge in [0.05, 0.1) is 16.6 Å². The molecule has 1 aromatic heterocycles. The smallest absolute Gasteiger partial charge is 0.416 e. The van der Waals surface area contributed by atoms with Gasteiger partial charge >= 0.3 is 6.18 Å². The van der Waals surface area contributed by atoms with Crippen molar-refractivity contribution in [1.82, 2.24) is 9.97 Å². The van der Waals surface area contributed by atoms with Crippen molar-refractivity contribution >= 4 is 11.0 Å². The van der Waals surface area contributed by atoms with Gasteiger partial charge in [0.25, 0.3) is 0 Å². The minimum Gasteiger partial charge on any atom is -0.487 e. The maximum Gasteiger partial charge on any atom is 0.416 e. The highest BCUT2D eigenvalue weighted by Gasteiger charge is 2.31. The molecule has 0 spiro atoms. The van der Waals surface area contributed by atoms with E-state index in [1.54, 1.807) is 12.1 Å². The summed E-state index contributed by atoms with van der Waals surface area (Å²) in [5.74, 6) is 0.780. The van der Waals surface area contributed by atoms with E-state index in [1.165, 1.54) is 6.07 Å². The molecule has 0 saturated carbocycles. The van der Waals surface area contributed by atoms with E-state index in [1.807, 2.05) is 48.5 Å². The molecule has 0 fully saturated rings. The fourth-order valence-corrected chi connectivity index (χ4v) is 2.85. The Balaban J connectivity index is 1.67. The second-order valence-corrected chi connectivity index (χ2v) is 6.55. The summed E-state index contributed by atoms with van der Waals surface area (Å²) in [6.45, 7) is 0.274. The molecule has 0 unspecified atom stereocenters. The van der Waals surface area contributed by atoms with Crippen molar-refractivity contribution in [2.24, 2.45) is 0 Å². The molecule has 7 heteroatoms. The first-order valence-electron chi connectivity index (χ1n) is 9.21. The quantitative estimate of drug-likeness (QED) is 0.403. The highest BCUT2D eigenvalue weighted by Crippen LogP contribution is 2.31. The molecule has 30 heavy (non-hydrogen) atoms. The van der Waals surface area contributed by atoms with Gasteiger partial charge < -0.3 is 9.47 Å². The number of benzene rings is 3. The zero-order valence-corrected chi connectivity index (χ0v) is 15.8. The van der Waals surface area contributed by atoms with E-state index >= 15 is 0 Å². The number of fused-ring (bicyclic) bond motifs is 1. The molecule has 1 heterocycles. The van der Waals surface area contributed by atoms with Crippen molar-refractivity contribution in [3.63, 3.8) is 0 Å². The maximum atomic E-state index is 13.1. The third-order valence-electron chi connectivity index (χ3n) is 4.36. The van der Waals surface area contributed by atoms with Crippen LogP contribution in [0.1, 0.15) is 16.8 Å². The average molecular weight is 410 g/mol. The number of aromatic nitrogens is 2. The molecule has 0 radical (unpaired) electrons. The first-order chi connectivity index (χ1) is 14.5. The summed E-state index contributed by atoms with van der Waals surface area (Å²) in [6, 6.07) is 21.8. The third kappa shape index (κ3) is 4.68. The largest absolute Gasteiger partial charge is 0.487 e. The molecule has 0 N–H and O–H groups in total. The second-order valence-electron chi connectivity index (χ2n) is 6.55. The van der Waals surface area contributed by atoms with Gasteiger partial charge in [0.2, 0.25) is 5.88 Å². The highest BCUT2D eigenvalue weighted by atomic mass is 19.4. The van der Waals surface area contributed by atoms with Gasteiger partial charge in [0, 0.05) is 0 Å². The number of para-hydroxylation sites is 1. The van der Waals surface area contributed by atoms with Crippen LogP contribution in [-0.2, 0) is 19.4 Å². The van der Waals surface area contributed by atoms with E-state index < -0.39 is 11.7 Å². The standard InChI is InChI=1S/C23H17F3N2O2/c24-23(25,26)17-11-12-19-20(13-17)28-22(30-14-16-7-3-1-4-8-16)21(27-19)15-29-18-9-5-2-6-10-18/h1-13H,14-15H2. The molecule has 4 nitrogen and oxygen atoms in total.